The maximum Gasteiger partial charge on any atom is 0.262 e. The second-order valence-corrected chi connectivity index (χ2v) is 8.54. The molecule has 0 radical (unpaired) electrons. The molecular weight excluding hydrogens is 388 g/mol. The van der Waals surface area contributed by atoms with Gasteiger partial charge in [0.05, 0.1) is 17.7 Å². The minimum absolute atomic E-state index is 0.0457. The Morgan fingerprint density at radius 2 is 1.72 bits per heavy atom. The second kappa shape index (κ2) is 7.25. The molecule has 0 spiro atoms. The molecule has 2 N–H and O–H groups in total. The highest BCUT2D eigenvalue weighted by Gasteiger charge is 2.21. The summed E-state index contributed by atoms with van der Waals surface area (Å²) in [5, 5.41) is 2.61. The minimum atomic E-state index is -3.83. The predicted octanol–water partition coefficient (Wildman–Crippen LogP) is 4.03. The van der Waals surface area contributed by atoms with Gasteiger partial charge in [-0.15, -0.1) is 0 Å². The van der Waals surface area contributed by atoms with Gasteiger partial charge in [0.2, 0.25) is 5.91 Å². The van der Waals surface area contributed by atoms with Gasteiger partial charge in [0.15, 0.2) is 0 Å². The highest BCUT2D eigenvalue weighted by Crippen LogP contribution is 2.38. The molecule has 0 saturated carbocycles. The van der Waals surface area contributed by atoms with Crippen molar-refractivity contribution in [2.75, 3.05) is 17.1 Å². The van der Waals surface area contributed by atoms with Crippen molar-refractivity contribution in [2.24, 2.45) is 0 Å². The first kappa shape index (κ1) is 19.0. The lowest BCUT2D eigenvalue weighted by Gasteiger charge is -2.13. The van der Waals surface area contributed by atoms with E-state index in [0.29, 0.717) is 11.4 Å². The average Bonchev–Trinajstić information content (AvgIpc) is 3.05. The van der Waals surface area contributed by atoms with Gasteiger partial charge in [-0.2, -0.15) is 0 Å². The van der Waals surface area contributed by atoms with Gasteiger partial charge in [0, 0.05) is 18.7 Å². The Hall–Kier alpha value is -3.32. The van der Waals surface area contributed by atoms with E-state index in [1.165, 1.54) is 43.4 Å². The number of hydrogen-bond acceptors (Lipinski definition) is 4. The number of anilines is 2. The van der Waals surface area contributed by atoms with Gasteiger partial charge in [-0.25, -0.2) is 8.42 Å². The van der Waals surface area contributed by atoms with E-state index in [-0.39, 0.29) is 16.6 Å². The Labute approximate surface area is 169 Å². The van der Waals surface area contributed by atoms with Crippen LogP contribution in [-0.4, -0.2) is 21.4 Å². The number of rotatable bonds is 5. The molecule has 29 heavy (non-hydrogen) atoms. The van der Waals surface area contributed by atoms with Crippen molar-refractivity contribution in [1.82, 2.24) is 0 Å². The zero-order valence-corrected chi connectivity index (χ0v) is 16.8. The quantitative estimate of drug-likeness (QED) is 0.522. The van der Waals surface area contributed by atoms with Gasteiger partial charge >= 0.3 is 0 Å². The van der Waals surface area contributed by atoms with Crippen LogP contribution in [0.5, 0.6) is 5.75 Å². The number of ether oxygens (including phenoxy) is 1. The third-order valence-corrected chi connectivity index (χ3v) is 6.22. The first-order valence-electron chi connectivity index (χ1n) is 9.07. The Morgan fingerprint density at radius 3 is 2.48 bits per heavy atom. The van der Waals surface area contributed by atoms with E-state index >= 15 is 0 Å². The molecule has 1 aliphatic rings. The van der Waals surface area contributed by atoms with Gasteiger partial charge in [-0.1, -0.05) is 30.3 Å². The fourth-order valence-electron chi connectivity index (χ4n) is 3.53. The molecule has 0 saturated heterocycles. The molecule has 1 aliphatic carbocycles. The summed E-state index contributed by atoms with van der Waals surface area (Å²) in [7, 11) is -2.41. The smallest absolute Gasteiger partial charge is 0.262 e. The second-order valence-electron chi connectivity index (χ2n) is 6.85. The maximum atomic E-state index is 12.9. The molecule has 0 fully saturated rings. The molecule has 3 aromatic carbocycles. The van der Waals surface area contributed by atoms with Crippen LogP contribution in [0.3, 0.4) is 0 Å². The number of carbonyl (C=O) groups is 1. The van der Waals surface area contributed by atoms with Crippen molar-refractivity contribution in [2.45, 2.75) is 18.2 Å². The summed E-state index contributed by atoms with van der Waals surface area (Å²) in [6.07, 6.45) is 0.848. The summed E-state index contributed by atoms with van der Waals surface area (Å²) in [5.41, 5.74) is 5.49. The number of benzene rings is 3. The highest BCUT2D eigenvalue weighted by atomic mass is 32.2. The molecular formula is C22H20N2O4S. The fourth-order valence-corrected chi connectivity index (χ4v) is 4.60. The zero-order chi connectivity index (χ0) is 20.6. The third-order valence-electron chi connectivity index (χ3n) is 4.84. The Morgan fingerprint density at radius 1 is 0.966 bits per heavy atom. The predicted molar refractivity (Wildman–Crippen MR) is 113 cm³/mol. The molecule has 0 aliphatic heterocycles. The van der Waals surface area contributed by atoms with Crippen LogP contribution in [0.25, 0.3) is 11.1 Å². The molecule has 3 aromatic rings. The van der Waals surface area contributed by atoms with Crippen molar-refractivity contribution in [1.29, 1.82) is 0 Å². The van der Waals surface area contributed by atoms with E-state index in [9.17, 15) is 13.2 Å². The number of sulfonamides is 1. The highest BCUT2D eigenvalue weighted by molar-refractivity contribution is 7.92. The van der Waals surface area contributed by atoms with E-state index in [4.69, 9.17) is 4.74 Å². The molecule has 0 unspecified atom stereocenters. The summed E-state index contributed by atoms with van der Waals surface area (Å²) in [6.45, 7) is 1.37. The number of carbonyl (C=O) groups excluding carboxylic acids is 1. The molecule has 7 heteroatoms. The summed E-state index contributed by atoms with van der Waals surface area (Å²) in [5.74, 6) is 0.00131. The molecule has 0 aromatic heterocycles. The molecule has 1 amide bonds. The van der Waals surface area contributed by atoms with E-state index < -0.39 is 10.0 Å². The third kappa shape index (κ3) is 3.69. The van der Waals surface area contributed by atoms with Crippen LogP contribution >= 0.6 is 0 Å². The summed E-state index contributed by atoms with van der Waals surface area (Å²) < 4.78 is 33.7. The largest absolute Gasteiger partial charge is 0.495 e. The summed E-state index contributed by atoms with van der Waals surface area (Å²) >= 11 is 0. The van der Waals surface area contributed by atoms with Crippen LogP contribution in [0.15, 0.2) is 65.6 Å². The first-order valence-corrected chi connectivity index (χ1v) is 10.6. The molecule has 0 bridgehead atoms. The van der Waals surface area contributed by atoms with E-state index in [0.717, 1.165) is 17.5 Å². The van der Waals surface area contributed by atoms with E-state index in [2.05, 4.69) is 16.1 Å². The lowest BCUT2D eigenvalue weighted by atomic mass is 10.1. The van der Waals surface area contributed by atoms with Crippen LogP contribution in [-0.2, 0) is 21.2 Å². The Bertz CT molecular complexity index is 1220. The van der Waals surface area contributed by atoms with Crippen LogP contribution in [0.2, 0.25) is 0 Å². The van der Waals surface area contributed by atoms with Crippen molar-refractivity contribution in [3.63, 3.8) is 0 Å². The van der Waals surface area contributed by atoms with Gasteiger partial charge in [-0.05, 0) is 52.9 Å². The monoisotopic (exact) mass is 408 g/mol. The van der Waals surface area contributed by atoms with Crippen LogP contribution in [0.4, 0.5) is 11.4 Å². The zero-order valence-electron chi connectivity index (χ0n) is 16.0. The number of hydrogen-bond donors (Lipinski definition) is 2. The lowest BCUT2D eigenvalue weighted by molar-refractivity contribution is -0.114. The average molecular weight is 408 g/mol. The van der Waals surface area contributed by atoms with Gasteiger partial charge in [-0.3, -0.25) is 9.52 Å². The first-order chi connectivity index (χ1) is 13.9. The van der Waals surface area contributed by atoms with E-state index in [1.807, 2.05) is 30.3 Å². The SMILES string of the molecule is COc1cc(S(=O)(=O)Nc2ccc3c(c2)-c2ccccc2C3)ccc1NC(C)=O. The van der Waals surface area contributed by atoms with Crippen molar-refractivity contribution >= 4 is 27.3 Å². The standard InChI is InChI=1S/C22H20N2O4S/c1-14(25)23-21-10-9-18(13-22(21)28-2)29(26,27)24-17-8-7-16-11-15-5-3-4-6-19(15)20(16)12-17/h3-10,12-13,24H,11H2,1-2H3,(H,23,25). The lowest BCUT2D eigenvalue weighted by Crippen LogP contribution is -2.14. The van der Waals surface area contributed by atoms with Gasteiger partial charge in [0.25, 0.3) is 10.0 Å². The molecule has 0 heterocycles. The van der Waals surface area contributed by atoms with Crippen molar-refractivity contribution in [3.05, 3.63) is 71.8 Å². The topological polar surface area (TPSA) is 84.5 Å². The number of nitrogens with one attached hydrogen (secondary N) is 2. The van der Waals surface area contributed by atoms with Crippen LogP contribution < -0.4 is 14.8 Å². The van der Waals surface area contributed by atoms with Crippen molar-refractivity contribution < 1.29 is 17.9 Å². The molecule has 148 valence electrons. The maximum absolute atomic E-state index is 12.9. The molecule has 6 nitrogen and oxygen atoms in total. The number of amides is 1. The number of fused-ring (bicyclic) bond motifs is 3. The molecule has 0 atom stereocenters. The van der Waals surface area contributed by atoms with Gasteiger partial charge < -0.3 is 10.1 Å². The summed E-state index contributed by atoms with van der Waals surface area (Å²) in [6, 6.07) is 18.0. The van der Waals surface area contributed by atoms with Gasteiger partial charge in [0.1, 0.15) is 5.75 Å². The Kier molecular flexibility index (Phi) is 4.76. The van der Waals surface area contributed by atoms with E-state index in [1.54, 1.807) is 6.07 Å². The molecule has 4 rings (SSSR count). The number of methoxy groups -OCH3 is 1. The van der Waals surface area contributed by atoms with Crippen LogP contribution in [0.1, 0.15) is 18.1 Å². The van der Waals surface area contributed by atoms with Crippen LogP contribution in [0, 0.1) is 0 Å². The Balaban J connectivity index is 1.64. The summed E-state index contributed by atoms with van der Waals surface area (Å²) in [4.78, 5) is 11.3. The minimum Gasteiger partial charge on any atom is -0.495 e. The fraction of sp³-hybridized carbons (Fsp3) is 0.136. The normalized spacial score (nSPS) is 12.1. The van der Waals surface area contributed by atoms with Crippen molar-refractivity contribution in [3.8, 4) is 16.9 Å².